The lowest BCUT2D eigenvalue weighted by molar-refractivity contribution is -0.120. The maximum atomic E-state index is 12.4. The minimum atomic E-state index is -3.56. The first-order valence-electron chi connectivity index (χ1n) is 7.63. The van der Waals surface area contributed by atoms with Crippen molar-refractivity contribution >= 4 is 51.6 Å². The van der Waals surface area contributed by atoms with Gasteiger partial charge in [0.05, 0.1) is 24.2 Å². The fourth-order valence-electron chi connectivity index (χ4n) is 2.38. The van der Waals surface area contributed by atoms with Crippen molar-refractivity contribution in [3.63, 3.8) is 0 Å². The number of sulfonamides is 1. The molecule has 0 unspecified atom stereocenters. The molecule has 1 fully saturated rings. The number of hydrogen-bond donors (Lipinski definition) is 2. The standard InChI is InChI=1S/C13H23N7O3S.HI/c1-3-15-13(16-4-7-24(14,22)23)19-5-6-20(12(21)10-19)11-8-17-18(2)9-11;/h8-9H,3-7,10H2,1-2H3,(H,15,16)(H2,14,22,23);1H. The monoisotopic (exact) mass is 485 g/mol. The summed E-state index contributed by atoms with van der Waals surface area (Å²) in [6.07, 6.45) is 3.44. The summed E-state index contributed by atoms with van der Waals surface area (Å²) in [7, 11) is -1.76. The van der Waals surface area contributed by atoms with Gasteiger partial charge in [-0.05, 0) is 6.92 Å². The van der Waals surface area contributed by atoms with Crippen LogP contribution in [0.2, 0.25) is 0 Å². The smallest absolute Gasteiger partial charge is 0.246 e. The third kappa shape index (κ3) is 6.43. The van der Waals surface area contributed by atoms with E-state index in [2.05, 4.69) is 15.4 Å². The second-order valence-electron chi connectivity index (χ2n) is 5.44. The molecule has 1 aromatic rings. The minimum absolute atomic E-state index is 0. The van der Waals surface area contributed by atoms with E-state index in [-0.39, 0.29) is 48.7 Å². The second-order valence-corrected chi connectivity index (χ2v) is 7.18. The number of nitrogens with one attached hydrogen (secondary N) is 1. The summed E-state index contributed by atoms with van der Waals surface area (Å²) in [4.78, 5) is 20.1. The highest BCUT2D eigenvalue weighted by molar-refractivity contribution is 14.0. The van der Waals surface area contributed by atoms with Crippen molar-refractivity contribution in [3.8, 4) is 0 Å². The Bertz CT molecular complexity index is 719. The first-order chi connectivity index (χ1) is 11.3. The Balaban J connectivity index is 0.00000312. The van der Waals surface area contributed by atoms with Crippen LogP contribution in [0.15, 0.2) is 17.4 Å². The summed E-state index contributed by atoms with van der Waals surface area (Å²) in [5.41, 5.74) is 0.762. The van der Waals surface area contributed by atoms with E-state index in [9.17, 15) is 13.2 Å². The molecule has 0 bridgehead atoms. The quantitative estimate of drug-likeness (QED) is 0.311. The first kappa shape index (κ1) is 21.6. The zero-order valence-electron chi connectivity index (χ0n) is 14.3. The summed E-state index contributed by atoms with van der Waals surface area (Å²) < 4.78 is 23.7. The number of anilines is 1. The SMILES string of the molecule is CCNC(=NCCS(N)(=O)=O)N1CCN(c2cnn(C)c2)C(=O)C1.I. The van der Waals surface area contributed by atoms with Crippen molar-refractivity contribution in [2.75, 3.05) is 43.4 Å². The Morgan fingerprint density at radius 2 is 2.16 bits per heavy atom. The zero-order valence-corrected chi connectivity index (χ0v) is 17.4. The molecule has 1 amide bonds. The van der Waals surface area contributed by atoms with Gasteiger partial charge in [-0.1, -0.05) is 0 Å². The number of nitrogens with zero attached hydrogens (tertiary/aromatic N) is 5. The van der Waals surface area contributed by atoms with E-state index in [1.165, 1.54) is 0 Å². The maximum Gasteiger partial charge on any atom is 0.246 e. The van der Waals surface area contributed by atoms with Crippen molar-refractivity contribution in [2.24, 2.45) is 17.2 Å². The Hall–Kier alpha value is -1.41. The van der Waals surface area contributed by atoms with Crippen LogP contribution in [0.3, 0.4) is 0 Å². The van der Waals surface area contributed by atoms with Crippen LogP contribution in [-0.2, 0) is 21.9 Å². The molecule has 0 aromatic carbocycles. The summed E-state index contributed by atoms with van der Waals surface area (Å²) in [6.45, 7) is 3.83. The number of carbonyl (C=O) groups is 1. The van der Waals surface area contributed by atoms with Gasteiger partial charge in [0.15, 0.2) is 5.96 Å². The van der Waals surface area contributed by atoms with Crippen molar-refractivity contribution in [1.29, 1.82) is 0 Å². The van der Waals surface area contributed by atoms with Crippen LogP contribution in [0.1, 0.15) is 6.92 Å². The molecule has 0 saturated carbocycles. The van der Waals surface area contributed by atoms with Gasteiger partial charge in [0.1, 0.15) is 6.54 Å². The highest BCUT2D eigenvalue weighted by Gasteiger charge is 2.27. The van der Waals surface area contributed by atoms with Crippen LogP contribution in [0.25, 0.3) is 0 Å². The Kier molecular flexibility index (Phi) is 8.08. The molecule has 1 aromatic heterocycles. The van der Waals surface area contributed by atoms with Crippen LogP contribution < -0.4 is 15.4 Å². The van der Waals surface area contributed by atoms with E-state index in [0.29, 0.717) is 25.6 Å². The van der Waals surface area contributed by atoms with Crippen molar-refractivity contribution < 1.29 is 13.2 Å². The van der Waals surface area contributed by atoms with Gasteiger partial charge in [0.2, 0.25) is 15.9 Å². The van der Waals surface area contributed by atoms with Crippen LogP contribution in [0.5, 0.6) is 0 Å². The number of primary sulfonamides is 1. The van der Waals surface area contributed by atoms with Gasteiger partial charge in [-0.3, -0.25) is 14.5 Å². The van der Waals surface area contributed by atoms with E-state index >= 15 is 0 Å². The number of aromatic nitrogens is 2. The molecule has 25 heavy (non-hydrogen) atoms. The zero-order chi connectivity index (χ0) is 17.7. The summed E-state index contributed by atoms with van der Waals surface area (Å²) in [5, 5.41) is 12.1. The van der Waals surface area contributed by atoms with Gasteiger partial charge < -0.3 is 15.1 Å². The normalized spacial score (nSPS) is 16.0. The van der Waals surface area contributed by atoms with Crippen LogP contribution in [-0.4, -0.2) is 73.4 Å². The predicted octanol–water partition coefficient (Wildman–Crippen LogP) is -1.06. The lowest BCUT2D eigenvalue weighted by atomic mass is 10.3. The number of nitrogens with two attached hydrogens (primary N) is 1. The predicted molar refractivity (Wildman–Crippen MR) is 107 cm³/mol. The molecule has 0 atom stereocenters. The Morgan fingerprint density at radius 3 is 2.68 bits per heavy atom. The highest BCUT2D eigenvalue weighted by atomic mass is 127. The average Bonchev–Trinajstić information content (AvgIpc) is 2.91. The summed E-state index contributed by atoms with van der Waals surface area (Å²) in [5.74, 6) is 0.220. The van der Waals surface area contributed by atoms with Gasteiger partial charge >= 0.3 is 0 Å². The van der Waals surface area contributed by atoms with E-state index in [1.54, 1.807) is 29.0 Å². The van der Waals surface area contributed by atoms with E-state index < -0.39 is 10.0 Å². The summed E-state index contributed by atoms with van der Waals surface area (Å²) >= 11 is 0. The molecule has 142 valence electrons. The molecular formula is C13H24IN7O3S. The molecule has 3 N–H and O–H groups in total. The number of guanidine groups is 1. The number of carbonyl (C=O) groups excluding carboxylic acids is 1. The third-order valence-corrected chi connectivity index (χ3v) is 4.25. The van der Waals surface area contributed by atoms with E-state index in [4.69, 9.17) is 5.14 Å². The molecule has 2 rings (SSSR count). The molecule has 0 spiro atoms. The van der Waals surface area contributed by atoms with Crippen molar-refractivity contribution in [2.45, 2.75) is 6.92 Å². The van der Waals surface area contributed by atoms with Crippen LogP contribution in [0.4, 0.5) is 5.69 Å². The molecule has 1 aliphatic heterocycles. The lowest BCUT2D eigenvalue weighted by Crippen LogP contribution is -2.55. The van der Waals surface area contributed by atoms with Gasteiger partial charge in [0, 0.05) is 32.9 Å². The molecule has 1 saturated heterocycles. The first-order valence-corrected chi connectivity index (χ1v) is 9.34. The molecule has 0 radical (unpaired) electrons. The number of halogens is 1. The van der Waals surface area contributed by atoms with Gasteiger partial charge in [-0.2, -0.15) is 5.10 Å². The largest absolute Gasteiger partial charge is 0.357 e. The van der Waals surface area contributed by atoms with Gasteiger partial charge in [-0.25, -0.2) is 13.6 Å². The highest BCUT2D eigenvalue weighted by Crippen LogP contribution is 2.16. The van der Waals surface area contributed by atoms with E-state index in [0.717, 1.165) is 5.69 Å². The number of amides is 1. The van der Waals surface area contributed by atoms with Gasteiger partial charge in [0.25, 0.3) is 0 Å². The van der Waals surface area contributed by atoms with Gasteiger partial charge in [-0.15, -0.1) is 24.0 Å². The topological polar surface area (TPSA) is 126 Å². The Morgan fingerprint density at radius 1 is 1.44 bits per heavy atom. The molecule has 0 aliphatic carbocycles. The molecule has 1 aliphatic rings. The number of piperazine rings is 1. The Labute approximate surface area is 164 Å². The van der Waals surface area contributed by atoms with Crippen molar-refractivity contribution in [3.05, 3.63) is 12.4 Å². The maximum absolute atomic E-state index is 12.4. The minimum Gasteiger partial charge on any atom is -0.357 e. The fourth-order valence-corrected chi connectivity index (χ4v) is 2.73. The lowest BCUT2D eigenvalue weighted by Gasteiger charge is -2.35. The fraction of sp³-hybridized carbons (Fsp3) is 0.615. The summed E-state index contributed by atoms with van der Waals surface area (Å²) in [6, 6.07) is 0. The van der Waals surface area contributed by atoms with Crippen molar-refractivity contribution in [1.82, 2.24) is 20.0 Å². The number of rotatable bonds is 5. The average molecular weight is 485 g/mol. The van der Waals surface area contributed by atoms with Crippen LogP contribution in [0, 0.1) is 0 Å². The molecule has 12 heteroatoms. The van der Waals surface area contributed by atoms with E-state index in [1.807, 2.05) is 11.8 Å². The number of aryl methyl sites for hydroxylation is 1. The number of hydrogen-bond acceptors (Lipinski definition) is 5. The molecular weight excluding hydrogens is 461 g/mol. The number of aliphatic imine (C=N–C) groups is 1. The second kappa shape index (κ2) is 9.33. The molecule has 10 nitrogen and oxygen atoms in total. The van der Waals surface area contributed by atoms with Crippen LogP contribution >= 0.6 is 24.0 Å². The molecule has 2 heterocycles. The third-order valence-electron chi connectivity index (χ3n) is 3.50.